The lowest BCUT2D eigenvalue weighted by Crippen LogP contribution is -2.50. The molecule has 2 aromatic heterocycles. The third kappa shape index (κ3) is 2.27. The van der Waals surface area contributed by atoms with Crippen LogP contribution in [0.4, 0.5) is 0 Å². The van der Waals surface area contributed by atoms with Crippen molar-refractivity contribution in [2.24, 2.45) is 5.73 Å². The summed E-state index contributed by atoms with van der Waals surface area (Å²) in [6.45, 7) is 0. The van der Waals surface area contributed by atoms with E-state index >= 15 is 0 Å². The molecule has 114 valence electrons. The summed E-state index contributed by atoms with van der Waals surface area (Å²) in [5, 5.41) is 3.03. The smallest absolute Gasteiger partial charge is 0.270 e. The molecule has 1 amide bonds. The van der Waals surface area contributed by atoms with Crippen molar-refractivity contribution in [3.63, 3.8) is 0 Å². The van der Waals surface area contributed by atoms with Crippen molar-refractivity contribution in [1.82, 2.24) is 24.8 Å². The average Bonchev–Trinajstić information content (AvgIpc) is 3.15. The average molecular weight is 298 g/mol. The van der Waals surface area contributed by atoms with Crippen molar-refractivity contribution in [1.29, 1.82) is 0 Å². The first-order valence-corrected chi connectivity index (χ1v) is 7.65. The molecule has 0 saturated heterocycles. The van der Waals surface area contributed by atoms with E-state index in [2.05, 4.69) is 20.3 Å². The van der Waals surface area contributed by atoms with E-state index in [1.54, 1.807) is 23.3 Å². The Balaban J connectivity index is 1.67. The number of carbonyl (C=O) groups is 1. The van der Waals surface area contributed by atoms with Gasteiger partial charge in [0.05, 0.1) is 0 Å². The molecule has 0 radical (unpaired) electrons. The number of nitrogens with zero attached hydrogens (tertiary/aromatic N) is 4. The number of imidazole rings is 1. The van der Waals surface area contributed by atoms with Crippen molar-refractivity contribution >= 4 is 5.91 Å². The predicted octanol–water partition coefficient (Wildman–Crippen LogP) is 0.371. The SMILES string of the molecule is NC1CC(NC(=O)c2nc(-n3ccnc3)nc3c2CCC3)C1. The number of nitrogens with one attached hydrogen (secondary N) is 1. The number of fused-ring (bicyclic) bond motifs is 1. The highest BCUT2D eigenvalue weighted by atomic mass is 16.2. The fourth-order valence-corrected chi connectivity index (χ4v) is 3.13. The second kappa shape index (κ2) is 5.17. The van der Waals surface area contributed by atoms with Crippen LogP contribution >= 0.6 is 0 Å². The Hall–Kier alpha value is -2.28. The van der Waals surface area contributed by atoms with Gasteiger partial charge in [-0.1, -0.05) is 0 Å². The Bertz CT molecular complexity index is 705. The highest BCUT2D eigenvalue weighted by molar-refractivity contribution is 5.94. The first-order chi connectivity index (χ1) is 10.7. The first kappa shape index (κ1) is 13.4. The van der Waals surface area contributed by atoms with E-state index < -0.39 is 0 Å². The Morgan fingerprint density at radius 3 is 2.91 bits per heavy atom. The lowest BCUT2D eigenvalue weighted by atomic mass is 9.87. The molecule has 3 N–H and O–H groups in total. The zero-order valence-electron chi connectivity index (χ0n) is 12.2. The van der Waals surface area contributed by atoms with Gasteiger partial charge in [-0.2, -0.15) is 0 Å². The van der Waals surface area contributed by atoms with Crippen LogP contribution in [0.2, 0.25) is 0 Å². The predicted molar refractivity (Wildman–Crippen MR) is 79.6 cm³/mol. The summed E-state index contributed by atoms with van der Waals surface area (Å²) >= 11 is 0. The number of rotatable bonds is 3. The van der Waals surface area contributed by atoms with E-state index in [4.69, 9.17) is 5.73 Å². The van der Waals surface area contributed by atoms with Gasteiger partial charge in [-0.3, -0.25) is 9.36 Å². The highest BCUT2D eigenvalue weighted by Gasteiger charge is 2.30. The maximum atomic E-state index is 12.6. The molecule has 2 aliphatic rings. The molecule has 0 unspecified atom stereocenters. The number of amides is 1. The molecule has 2 aliphatic carbocycles. The topological polar surface area (TPSA) is 98.7 Å². The van der Waals surface area contributed by atoms with Crippen LogP contribution in [-0.2, 0) is 12.8 Å². The Kier molecular flexibility index (Phi) is 3.15. The quantitative estimate of drug-likeness (QED) is 0.853. The summed E-state index contributed by atoms with van der Waals surface area (Å²) in [7, 11) is 0. The number of hydrogen-bond acceptors (Lipinski definition) is 5. The Morgan fingerprint density at radius 1 is 1.32 bits per heavy atom. The van der Waals surface area contributed by atoms with Gasteiger partial charge < -0.3 is 11.1 Å². The van der Waals surface area contributed by atoms with Gasteiger partial charge >= 0.3 is 0 Å². The van der Waals surface area contributed by atoms with Crippen LogP contribution in [0.1, 0.15) is 41.0 Å². The van der Waals surface area contributed by atoms with Crippen molar-refractivity contribution in [2.45, 2.75) is 44.2 Å². The molecule has 2 aromatic rings. The normalized spacial score (nSPS) is 23.0. The van der Waals surface area contributed by atoms with Crippen LogP contribution in [0.25, 0.3) is 5.95 Å². The van der Waals surface area contributed by atoms with Gasteiger partial charge in [0.2, 0.25) is 5.95 Å². The summed E-state index contributed by atoms with van der Waals surface area (Å²) in [4.78, 5) is 25.6. The van der Waals surface area contributed by atoms with Crippen molar-refractivity contribution in [3.8, 4) is 5.95 Å². The number of hydrogen-bond donors (Lipinski definition) is 2. The maximum Gasteiger partial charge on any atom is 0.270 e. The molecule has 0 spiro atoms. The van der Waals surface area contributed by atoms with E-state index in [9.17, 15) is 4.79 Å². The van der Waals surface area contributed by atoms with Gasteiger partial charge in [-0.25, -0.2) is 15.0 Å². The standard InChI is InChI=1S/C15H18N6O/c16-9-6-10(7-9)18-14(22)13-11-2-1-3-12(11)19-15(20-13)21-5-4-17-8-21/h4-5,8-10H,1-3,6-7,16H2,(H,18,22). The summed E-state index contributed by atoms with van der Waals surface area (Å²) in [6, 6.07) is 0.383. The van der Waals surface area contributed by atoms with Gasteiger partial charge in [0.15, 0.2) is 0 Å². The van der Waals surface area contributed by atoms with E-state index in [0.717, 1.165) is 43.4 Å². The minimum absolute atomic E-state index is 0.112. The molecule has 0 bridgehead atoms. The molecule has 7 heteroatoms. The van der Waals surface area contributed by atoms with Crippen molar-refractivity contribution < 1.29 is 4.79 Å². The maximum absolute atomic E-state index is 12.6. The molecule has 4 rings (SSSR count). The zero-order chi connectivity index (χ0) is 15.1. The molecule has 1 fully saturated rings. The molecule has 0 aliphatic heterocycles. The minimum atomic E-state index is -0.112. The molecule has 0 atom stereocenters. The number of aromatic nitrogens is 4. The largest absolute Gasteiger partial charge is 0.348 e. The summed E-state index contributed by atoms with van der Waals surface area (Å²) in [5.41, 5.74) is 8.25. The lowest BCUT2D eigenvalue weighted by molar-refractivity contribution is 0.0904. The molecule has 2 heterocycles. The van der Waals surface area contributed by atoms with Gasteiger partial charge in [-0.05, 0) is 32.1 Å². The van der Waals surface area contributed by atoms with Crippen molar-refractivity contribution in [3.05, 3.63) is 35.7 Å². The fourth-order valence-electron chi connectivity index (χ4n) is 3.13. The summed E-state index contributed by atoms with van der Waals surface area (Å²) in [5.74, 6) is 0.396. The van der Waals surface area contributed by atoms with Crippen LogP contribution in [0, 0.1) is 0 Å². The van der Waals surface area contributed by atoms with Crippen LogP contribution in [0.5, 0.6) is 0 Å². The van der Waals surface area contributed by atoms with Crippen LogP contribution in [-0.4, -0.2) is 37.5 Å². The zero-order valence-corrected chi connectivity index (χ0v) is 12.2. The number of nitrogens with two attached hydrogens (primary N) is 1. The lowest BCUT2D eigenvalue weighted by Gasteiger charge is -2.33. The van der Waals surface area contributed by atoms with Gasteiger partial charge in [0.1, 0.15) is 12.0 Å². The highest BCUT2D eigenvalue weighted by Crippen LogP contribution is 2.25. The second-order valence-electron chi connectivity index (χ2n) is 6.02. The summed E-state index contributed by atoms with van der Waals surface area (Å²) in [6.07, 6.45) is 9.56. The van der Waals surface area contributed by atoms with Crippen LogP contribution in [0.3, 0.4) is 0 Å². The van der Waals surface area contributed by atoms with E-state index in [0.29, 0.717) is 11.6 Å². The van der Waals surface area contributed by atoms with Crippen LogP contribution in [0.15, 0.2) is 18.7 Å². The van der Waals surface area contributed by atoms with E-state index in [-0.39, 0.29) is 18.0 Å². The van der Waals surface area contributed by atoms with Crippen molar-refractivity contribution in [2.75, 3.05) is 0 Å². The summed E-state index contributed by atoms with van der Waals surface area (Å²) < 4.78 is 1.73. The van der Waals surface area contributed by atoms with E-state index in [1.807, 2.05) is 0 Å². The Labute approximate surface area is 128 Å². The fraction of sp³-hybridized carbons (Fsp3) is 0.467. The van der Waals surface area contributed by atoms with Gasteiger partial charge in [0, 0.05) is 35.7 Å². The molecular formula is C15H18N6O. The first-order valence-electron chi connectivity index (χ1n) is 7.65. The molecule has 22 heavy (non-hydrogen) atoms. The molecule has 7 nitrogen and oxygen atoms in total. The van der Waals surface area contributed by atoms with Gasteiger partial charge in [0.25, 0.3) is 5.91 Å². The number of aryl methyl sites for hydroxylation is 1. The molecular weight excluding hydrogens is 280 g/mol. The van der Waals surface area contributed by atoms with E-state index in [1.165, 1.54) is 0 Å². The third-order valence-electron chi connectivity index (χ3n) is 4.38. The molecule has 1 saturated carbocycles. The Morgan fingerprint density at radius 2 is 2.18 bits per heavy atom. The second-order valence-corrected chi connectivity index (χ2v) is 6.02. The minimum Gasteiger partial charge on any atom is -0.348 e. The van der Waals surface area contributed by atoms with Crippen LogP contribution < -0.4 is 11.1 Å². The van der Waals surface area contributed by atoms with Gasteiger partial charge in [-0.15, -0.1) is 0 Å². The third-order valence-corrected chi connectivity index (χ3v) is 4.38. The number of carbonyl (C=O) groups excluding carboxylic acids is 1. The molecule has 0 aromatic carbocycles. The monoisotopic (exact) mass is 298 g/mol.